The van der Waals surface area contributed by atoms with Crippen molar-refractivity contribution in [2.45, 2.75) is 32.6 Å². The molecule has 0 bridgehead atoms. The number of hydrogen-bond donors (Lipinski definition) is 0. The minimum Gasteiger partial charge on any atom is -0.497 e. The average molecular weight is 427 g/mol. The van der Waals surface area contributed by atoms with E-state index in [9.17, 15) is 9.59 Å². The molecule has 7 heteroatoms. The lowest BCUT2D eigenvalue weighted by molar-refractivity contribution is -0.0704. The Bertz CT molecular complexity index is 901. The van der Waals surface area contributed by atoms with Gasteiger partial charge in [0.05, 0.1) is 37.6 Å². The molecule has 1 fully saturated rings. The fraction of sp³-hybridized carbons (Fsp3) is 0.417. The number of rotatable bonds is 8. The second-order valence-electron chi connectivity index (χ2n) is 7.71. The molecule has 3 rings (SSSR count). The number of benzene rings is 2. The van der Waals surface area contributed by atoms with Crippen molar-refractivity contribution in [3.8, 4) is 11.5 Å². The first kappa shape index (κ1) is 22.8. The molecule has 1 heterocycles. The molecule has 7 nitrogen and oxygen atoms in total. The van der Waals surface area contributed by atoms with Crippen molar-refractivity contribution in [3.05, 3.63) is 59.2 Å². The molecule has 0 aliphatic carbocycles. The Morgan fingerprint density at radius 1 is 1.00 bits per heavy atom. The molecular formula is C24H29NO6. The van der Waals surface area contributed by atoms with Gasteiger partial charge in [0.25, 0.3) is 0 Å². The van der Waals surface area contributed by atoms with Crippen LogP contribution < -0.4 is 9.47 Å². The van der Waals surface area contributed by atoms with Crippen molar-refractivity contribution >= 4 is 11.8 Å². The second kappa shape index (κ2) is 10.4. The van der Waals surface area contributed by atoms with E-state index >= 15 is 0 Å². The van der Waals surface area contributed by atoms with Gasteiger partial charge in [0.15, 0.2) is 6.61 Å². The summed E-state index contributed by atoms with van der Waals surface area (Å²) in [6.45, 7) is 6.33. The zero-order chi connectivity index (χ0) is 22.4. The van der Waals surface area contributed by atoms with E-state index in [1.165, 1.54) is 14.2 Å². The van der Waals surface area contributed by atoms with Crippen LogP contribution in [0.15, 0.2) is 42.5 Å². The number of Topliss-reactive ketones (excluding diaryl/α,β-unsaturated/α-hetero) is 1. The van der Waals surface area contributed by atoms with Gasteiger partial charge in [0.1, 0.15) is 11.5 Å². The minimum absolute atomic E-state index is 0.208. The van der Waals surface area contributed by atoms with Crippen LogP contribution in [-0.2, 0) is 16.0 Å². The molecule has 166 valence electrons. The highest BCUT2D eigenvalue weighted by atomic mass is 16.5. The fourth-order valence-corrected chi connectivity index (χ4v) is 3.74. The van der Waals surface area contributed by atoms with Crippen molar-refractivity contribution in [1.82, 2.24) is 4.90 Å². The monoisotopic (exact) mass is 427 g/mol. The highest BCUT2D eigenvalue weighted by Gasteiger charge is 2.22. The SMILES string of the molecule is COc1ccc(C(=O)COC(=O)c2ccc(CN3CC(C)OC(C)C3)cc2)c(OC)c1. The first-order valence-corrected chi connectivity index (χ1v) is 10.3. The quantitative estimate of drug-likeness (QED) is 0.472. The lowest BCUT2D eigenvalue weighted by Gasteiger charge is -2.35. The molecule has 2 aromatic rings. The van der Waals surface area contributed by atoms with Crippen molar-refractivity contribution < 1.29 is 28.5 Å². The maximum Gasteiger partial charge on any atom is 0.338 e. The van der Waals surface area contributed by atoms with Crippen LogP contribution in [0, 0.1) is 0 Å². The molecule has 0 radical (unpaired) electrons. The maximum atomic E-state index is 12.5. The average Bonchev–Trinajstić information content (AvgIpc) is 2.76. The Morgan fingerprint density at radius 2 is 1.68 bits per heavy atom. The highest BCUT2D eigenvalue weighted by molar-refractivity contribution is 6.01. The predicted octanol–water partition coefficient (Wildman–Crippen LogP) is 3.35. The Hall–Kier alpha value is -2.90. The maximum absolute atomic E-state index is 12.5. The number of ether oxygens (including phenoxy) is 4. The van der Waals surface area contributed by atoms with E-state index in [2.05, 4.69) is 18.7 Å². The van der Waals surface area contributed by atoms with E-state index in [1.54, 1.807) is 30.3 Å². The molecule has 1 aliphatic heterocycles. The van der Waals surface area contributed by atoms with Crippen LogP contribution >= 0.6 is 0 Å². The van der Waals surface area contributed by atoms with E-state index in [4.69, 9.17) is 18.9 Å². The summed E-state index contributed by atoms with van der Waals surface area (Å²) in [6, 6.07) is 12.1. The zero-order valence-electron chi connectivity index (χ0n) is 18.4. The Balaban J connectivity index is 1.55. The molecule has 0 saturated carbocycles. The van der Waals surface area contributed by atoms with E-state index in [0.717, 1.165) is 25.2 Å². The van der Waals surface area contributed by atoms with Crippen molar-refractivity contribution in [2.24, 2.45) is 0 Å². The Kier molecular flexibility index (Phi) is 7.65. The van der Waals surface area contributed by atoms with Gasteiger partial charge in [-0.3, -0.25) is 9.69 Å². The number of ketones is 1. The third kappa shape index (κ3) is 6.06. The van der Waals surface area contributed by atoms with Crippen molar-refractivity contribution in [1.29, 1.82) is 0 Å². The van der Waals surface area contributed by atoms with Crippen LogP contribution in [0.25, 0.3) is 0 Å². The van der Waals surface area contributed by atoms with E-state index < -0.39 is 5.97 Å². The van der Waals surface area contributed by atoms with Gasteiger partial charge in [-0.25, -0.2) is 4.79 Å². The lowest BCUT2D eigenvalue weighted by atomic mass is 10.1. The van der Waals surface area contributed by atoms with E-state index in [0.29, 0.717) is 22.6 Å². The summed E-state index contributed by atoms with van der Waals surface area (Å²) in [4.78, 5) is 27.2. The summed E-state index contributed by atoms with van der Waals surface area (Å²) in [5.74, 6) is 0.0593. The molecule has 2 unspecified atom stereocenters. The van der Waals surface area contributed by atoms with Gasteiger partial charge in [-0.1, -0.05) is 12.1 Å². The Labute approximate surface area is 182 Å². The summed E-state index contributed by atoms with van der Waals surface area (Å²) < 4.78 is 21.3. The molecule has 31 heavy (non-hydrogen) atoms. The number of carbonyl (C=O) groups is 2. The highest BCUT2D eigenvalue weighted by Crippen LogP contribution is 2.25. The fourth-order valence-electron chi connectivity index (χ4n) is 3.74. The summed E-state index contributed by atoms with van der Waals surface area (Å²) in [6.07, 6.45) is 0.416. The minimum atomic E-state index is -0.541. The molecule has 2 atom stereocenters. The normalized spacial score (nSPS) is 19.0. The number of morpholine rings is 1. The number of methoxy groups -OCH3 is 2. The van der Waals surface area contributed by atoms with Gasteiger partial charge in [0, 0.05) is 25.7 Å². The van der Waals surface area contributed by atoms with E-state index in [1.807, 2.05) is 12.1 Å². The van der Waals surface area contributed by atoms with Crippen LogP contribution in [0.4, 0.5) is 0 Å². The van der Waals surface area contributed by atoms with Crippen LogP contribution in [0.2, 0.25) is 0 Å². The van der Waals surface area contributed by atoms with Crippen molar-refractivity contribution in [2.75, 3.05) is 33.9 Å². The molecule has 0 spiro atoms. The number of carbonyl (C=O) groups excluding carboxylic acids is 2. The standard InChI is InChI=1S/C24H29NO6/c1-16-12-25(13-17(2)31-16)14-18-5-7-19(8-6-18)24(27)30-15-22(26)21-10-9-20(28-3)11-23(21)29-4/h5-11,16-17H,12-15H2,1-4H3. The van der Waals surface area contributed by atoms with Gasteiger partial charge < -0.3 is 18.9 Å². The summed E-state index contributed by atoms with van der Waals surface area (Å²) in [5.41, 5.74) is 1.85. The van der Waals surface area contributed by atoms with Crippen molar-refractivity contribution in [3.63, 3.8) is 0 Å². The predicted molar refractivity (Wildman–Crippen MR) is 116 cm³/mol. The molecular weight excluding hydrogens is 398 g/mol. The second-order valence-corrected chi connectivity index (χ2v) is 7.71. The number of nitrogens with zero attached hydrogens (tertiary/aromatic N) is 1. The van der Waals surface area contributed by atoms with Crippen LogP contribution in [0.1, 0.15) is 40.1 Å². The summed E-state index contributed by atoms with van der Waals surface area (Å²) in [7, 11) is 3.00. The number of hydrogen-bond acceptors (Lipinski definition) is 7. The largest absolute Gasteiger partial charge is 0.497 e. The third-order valence-electron chi connectivity index (χ3n) is 5.13. The molecule has 0 amide bonds. The van der Waals surface area contributed by atoms with Crippen LogP contribution in [-0.4, -0.2) is 62.8 Å². The topological polar surface area (TPSA) is 74.3 Å². The van der Waals surface area contributed by atoms with Gasteiger partial charge >= 0.3 is 5.97 Å². The summed E-state index contributed by atoms with van der Waals surface area (Å²) in [5, 5.41) is 0. The first-order valence-electron chi connectivity index (χ1n) is 10.3. The molecule has 1 aliphatic rings. The lowest BCUT2D eigenvalue weighted by Crippen LogP contribution is -2.44. The van der Waals surface area contributed by atoms with Gasteiger partial charge in [0.2, 0.25) is 5.78 Å². The van der Waals surface area contributed by atoms with Crippen LogP contribution in [0.3, 0.4) is 0 Å². The zero-order valence-corrected chi connectivity index (χ0v) is 18.4. The van der Waals surface area contributed by atoms with E-state index in [-0.39, 0.29) is 24.6 Å². The molecule has 0 N–H and O–H groups in total. The molecule has 2 aromatic carbocycles. The summed E-state index contributed by atoms with van der Waals surface area (Å²) >= 11 is 0. The number of esters is 1. The molecule has 0 aromatic heterocycles. The van der Waals surface area contributed by atoms with Gasteiger partial charge in [-0.15, -0.1) is 0 Å². The smallest absolute Gasteiger partial charge is 0.338 e. The van der Waals surface area contributed by atoms with Gasteiger partial charge in [-0.2, -0.15) is 0 Å². The van der Waals surface area contributed by atoms with Gasteiger partial charge in [-0.05, 0) is 43.7 Å². The van der Waals surface area contributed by atoms with Crippen LogP contribution in [0.5, 0.6) is 11.5 Å². The third-order valence-corrected chi connectivity index (χ3v) is 5.13. The molecule has 1 saturated heterocycles. The Morgan fingerprint density at radius 3 is 2.29 bits per heavy atom. The first-order chi connectivity index (χ1) is 14.9.